The highest BCUT2D eigenvalue weighted by Crippen LogP contribution is 2.33. The van der Waals surface area contributed by atoms with Crippen LogP contribution in [0.15, 0.2) is 36.4 Å². The fourth-order valence-corrected chi connectivity index (χ4v) is 4.62. The predicted octanol–water partition coefficient (Wildman–Crippen LogP) is 1.47. The average molecular weight is 497 g/mol. The summed E-state index contributed by atoms with van der Waals surface area (Å²) in [5, 5.41) is 6.03. The van der Waals surface area contributed by atoms with Crippen LogP contribution in [0.5, 0.6) is 23.0 Å². The molecule has 0 aromatic heterocycles. The van der Waals surface area contributed by atoms with Crippen LogP contribution in [-0.4, -0.2) is 73.5 Å². The van der Waals surface area contributed by atoms with E-state index in [1.54, 1.807) is 0 Å². The molecule has 2 atom stereocenters. The van der Waals surface area contributed by atoms with E-state index in [0.29, 0.717) is 24.6 Å². The Hall–Kier alpha value is -3.50. The molecule has 2 amide bonds. The Morgan fingerprint density at radius 1 is 0.694 bits per heavy atom. The third-order valence-electron chi connectivity index (χ3n) is 7.01. The first-order chi connectivity index (χ1) is 17.5. The van der Waals surface area contributed by atoms with Crippen LogP contribution in [-0.2, 0) is 22.7 Å². The zero-order chi connectivity index (χ0) is 25.1. The first-order valence-electron chi connectivity index (χ1n) is 12.3. The van der Waals surface area contributed by atoms with Gasteiger partial charge in [0.05, 0.1) is 12.1 Å². The van der Waals surface area contributed by atoms with Gasteiger partial charge in [-0.3, -0.25) is 19.4 Å². The Morgan fingerprint density at radius 3 is 1.50 bits per heavy atom. The summed E-state index contributed by atoms with van der Waals surface area (Å²) in [6.07, 6.45) is 0. The highest BCUT2D eigenvalue weighted by molar-refractivity contribution is 5.82. The number of piperazine rings is 1. The fraction of sp³-hybridized carbons (Fsp3) is 0.462. The van der Waals surface area contributed by atoms with Crippen LogP contribution >= 0.6 is 0 Å². The summed E-state index contributed by atoms with van der Waals surface area (Å²) < 4.78 is 21.5. The molecule has 5 rings (SSSR count). The molecule has 1 saturated heterocycles. The van der Waals surface area contributed by atoms with E-state index in [-0.39, 0.29) is 37.5 Å². The lowest BCUT2D eigenvalue weighted by atomic mass is 10.1. The first-order valence-corrected chi connectivity index (χ1v) is 12.3. The van der Waals surface area contributed by atoms with Gasteiger partial charge < -0.3 is 29.6 Å². The minimum absolute atomic E-state index is 0.0179. The number of fused-ring (bicyclic) bond motifs is 2. The predicted molar refractivity (Wildman–Crippen MR) is 131 cm³/mol. The molecule has 3 heterocycles. The van der Waals surface area contributed by atoms with Gasteiger partial charge in [-0.05, 0) is 49.2 Å². The number of carbonyl (C=O) groups is 2. The number of nitrogens with zero attached hydrogens (tertiary/aromatic N) is 2. The van der Waals surface area contributed by atoms with Gasteiger partial charge in [0.2, 0.25) is 25.4 Å². The molecule has 1 fully saturated rings. The van der Waals surface area contributed by atoms with Gasteiger partial charge in [0.15, 0.2) is 23.0 Å². The molecular formula is C26H32N4O6. The van der Waals surface area contributed by atoms with Crippen molar-refractivity contribution in [3.05, 3.63) is 47.5 Å². The lowest BCUT2D eigenvalue weighted by Crippen LogP contribution is -2.57. The Morgan fingerprint density at radius 2 is 1.08 bits per heavy atom. The highest BCUT2D eigenvalue weighted by Gasteiger charge is 2.29. The SMILES string of the molecule is C[C@@H](C(=O)NCc1ccc2c(c1)OCO2)N1CCN([C@@H](C)C(=O)NCc2ccc3c(c2)OCO3)CC1. The Labute approximate surface area is 210 Å². The molecular weight excluding hydrogens is 464 g/mol. The summed E-state index contributed by atoms with van der Waals surface area (Å²) in [6.45, 7) is 8.05. The van der Waals surface area contributed by atoms with Gasteiger partial charge in [0.25, 0.3) is 0 Å². The lowest BCUT2D eigenvalue weighted by molar-refractivity contribution is -0.130. The average Bonchev–Trinajstić information content (AvgIpc) is 3.58. The van der Waals surface area contributed by atoms with Crippen LogP contribution in [0.25, 0.3) is 0 Å². The molecule has 0 bridgehead atoms. The van der Waals surface area contributed by atoms with Crippen LogP contribution in [0.1, 0.15) is 25.0 Å². The first kappa shape index (κ1) is 24.2. The van der Waals surface area contributed by atoms with Crippen molar-refractivity contribution in [2.75, 3.05) is 39.8 Å². The van der Waals surface area contributed by atoms with Crippen molar-refractivity contribution in [3.8, 4) is 23.0 Å². The summed E-state index contributed by atoms with van der Waals surface area (Å²) >= 11 is 0. The van der Waals surface area contributed by atoms with Gasteiger partial charge in [-0.15, -0.1) is 0 Å². The van der Waals surface area contributed by atoms with Gasteiger partial charge in [0.1, 0.15) is 0 Å². The van der Waals surface area contributed by atoms with Crippen molar-refractivity contribution in [2.45, 2.75) is 39.0 Å². The van der Waals surface area contributed by atoms with Crippen molar-refractivity contribution in [2.24, 2.45) is 0 Å². The van der Waals surface area contributed by atoms with E-state index < -0.39 is 0 Å². The van der Waals surface area contributed by atoms with Crippen LogP contribution in [0.3, 0.4) is 0 Å². The zero-order valence-electron chi connectivity index (χ0n) is 20.6. The van der Waals surface area contributed by atoms with E-state index >= 15 is 0 Å². The minimum atomic E-state index is -0.253. The highest BCUT2D eigenvalue weighted by atomic mass is 16.7. The molecule has 36 heavy (non-hydrogen) atoms. The molecule has 0 spiro atoms. The van der Waals surface area contributed by atoms with Gasteiger partial charge in [-0.1, -0.05) is 12.1 Å². The maximum Gasteiger partial charge on any atom is 0.237 e. The van der Waals surface area contributed by atoms with Crippen LogP contribution in [0.4, 0.5) is 0 Å². The summed E-state index contributed by atoms with van der Waals surface area (Å²) in [5.41, 5.74) is 1.93. The van der Waals surface area contributed by atoms with Gasteiger partial charge in [-0.25, -0.2) is 0 Å². The molecule has 3 aliphatic rings. The van der Waals surface area contributed by atoms with Gasteiger partial charge in [0, 0.05) is 39.3 Å². The van der Waals surface area contributed by atoms with E-state index in [1.165, 1.54) is 0 Å². The number of amides is 2. The summed E-state index contributed by atoms with van der Waals surface area (Å²) in [7, 11) is 0. The molecule has 0 unspecified atom stereocenters. The maximum atomic E-state index is 12.8. The molecule has 10 heteroatoms. The topological polar surface area (TPSA) is 102 Å². The molecule has 0 aliphatic carbocycles. The lowest BCUT2D eigenvalue weighted by Gasteiger charge is -2.39. The number of nitrogens with one attached hydrogen (secondary N) is 2. The second kappa shape index (κ2) is 10.6. The van der Waals surface area contributed by atoms with Crippen LogP contribution in [0, 0.1) is 0 Å². The van der Waals surface area contributed by atoms with Crippen molar-refractivity contribution in [3.63, 3.8) is 0 Å². The standard InChI is InChI=1S/C26H32N4O6/c1-17(25(31)27-13-19-3-5-21-23(11-19)35-15-33-21)29-7-9-30(10-8-29)18(2)26(32)28-14-20-4-6-22-24(12-20)36-16-34-22/h3-6,11-12,17-18H,7-10,13-16H2,1-2H3,(H,27,31)(H,28,32)/t17-,18-/m0/s1. The van der Waals surface area contributed by atoms with E-state index in [4.69, 9.17) is 18.9 Å². The molecule has 192 valence electrons. The normalized spacial score (nSPS) is 18.5. The molecule has 3 aliphatic heterocycles. The molecule has 0 radical (unpaired) electrons. The monoisotopic (exact) mass is 496 g/mol. The Balaban J connectivity index is 1.04. The zero-order valence-corrected chi connectivity index (χ0v) is 20.6. The number of benzene rings is 2. The number of rotatable bonds is 8. The smallest absolute Gasteiger partial charge is 0.237 e. The van der Waals surface area contributed by atoms with Crippen molar-refractivity contribution in [1.29, 1.82) is 0 Å². The fourth-order valence-electron chi connectivity index (χ4n) is 4.62. The number of hydrogen-bond donors (Lipinski definition) is 2. The molecule has 2 aromatic rings. The molecule has 10 nitrogen and oxygen atoms in total. The number of carbonyl (C=O) groups excluding carboxylic acids is 2. The Bertz CT molecular complexity index is 1030. The molecule has 0 saturated carbocycles. The number of ether oxygens (including phenoxy) is 4. The third kappa shape index (κ3) is 5.34. The van der Waals surface area contributed by atoms with E-state index in [1.807, 2.05) is 50.2 Å². The van der Waals surface area contributed by atoms with Crippen LogP contribution in [0.2, 0.25) is 0 Å². The molecule has 2 aromatic carbocycles. The minimum Gasteiger partial charge on any atom is -0.454 e. The summed E-state index contributed by atoms with van der Waals surface area (Å²) in [4.78, 5) is 29.8. The van der Waals surface area contributed by atoms with Gasteiger partial charge in [-0.2, -0.15) is 0 Å². The van der Waals surface area contributed by atoms with Crippen molar-refractivity contribution >= 4 is 11.8 Å². The maximum absolute atomic E-state index is 12.8. The van der Waals surface area contributed by atoms with E-state index in [9.17, 15) is 9.59 Å². The molecule has 2 N–H and O–H groups in total. The largest absolute Gasteiger partial charge is 0.454 e. The van der Waals surface area contributed by atoms with E-state index in [2.05, 4.69) is 20.4 Å². The van der Waals surface area contributed by atoms with Gasteiger partial charge >= 0.3 is 0 Å². The Kier molecular flexibility index (Phi) is 7.15. The van der Waals surface area contributed by atoms with Crippen molar-refractivity contribution in [1.82, 2.24) is 20.4 Å². The quantitative estimate of drug-likeness (QED) is 0.567. The summed E-state index contributed by atoms with van der Waals surface area (Å²) in [6, 6.07) is 10.9. The second-order valence-electron chi connectivity index (χ2n) is 9.23. The third-order valence-corrected chi connectivity index (χ3v) is 7.01. The van der Waals surface area contributed by atoms with Crippen molar-refractivity contribution < 1.29 is 28.5 Å². The van der Waals surface area contributed by atoms with Crippen LogP contribution < -0.4 is 29.6 Å². The second-order valence-corrected chi connectivity index (χ2v) is 9.23. The number of hydrogen-bond acceptors (Lipinski definition) is 8. The van der Waals surface area contributed by atoms with E-state index in [0.717, 1.165) is 48.8 Å². The summed E-state index contributed by atoms with van der Waals surface area (Å²) in [5.74, 6) is 2.84.